The first-order chi connectivity index (χ1) is 17.1. The Morgan fingerprint density at radius 3 is 1.39 bits per heavy atom. The molecule has 1 aliphatic rings. The van der Waals surface area contributed by atoms with Crippen LogP contribution in [0.25, 0.3) is 22.5 Å². The zero-order valence-electron chi connectivity index (χ0n) is 18.2. The summed E-state index contributed by atoms with van der Waals surface area (Å²) >= 11 is 0. The highest BCUT2D eigenvalue weighted by atomic mass is 16.4. The fourth-order valence-corrected chi connectivity index (χ4v) is 3.50. The average Bonchev–Trinajstić information content (AvgIpc) is 2.88. The number of carbonyl (C=O) groups is 4. The molecule has 0 spiro atoms. The van der Waals surface area contributed by atoms with Gasteiger partial charge in [-0.2, -0.15) is 0 Å². The summed E-state index contributed by atoms with van der Waals surface area (Å²) in [7, 11) is 0. The maximum Gasteiger partial charge on any atom is 0.335 e. The van der Waals surface area contributed by atoms with Crippen LogP contribution in [0.1, 0.15) is 52.7 Å². The van der Waals surface area contributed by atoms with E-state index in [1.165, 1.54) is 30.5 Å². The van der Waals surface area contributed by atoms with Gasteiger partial charge in [0.05, 0.1) is 39.3 Å². The largest absolute Gasteiger partial charge is 0.478 e. The van der Waals surface area contributed by atoms with Gasteiger partial charge in [-0.15, -0.1) is 0 Å². The van der Waals surface area contributed by atoms with Gasteiger partial charge in [-0.3, -0.25) is 10.4 Å². The van der Waals surface area contributed by atoms with E-state index in [9.17, 15) is 39.6 Å². The number of hydrogen-bond acceptors (Lipinski definition) is 7. The molecule has 2 heterocycles. The number of nitrogens with one attached hydrogen (secondary N) is 2. The van der Waals surface area contributed by atoms with E-state index in [2.05, 4.69) is 15.8 Å². The van der Waals surface area contributed by atoms with Crippen LogP contribution in [-0.4, -0.2) is 49.3 Å². The summed E-state index contributed by atoms with van der Waals surface area (Å²) in [5.41, 5.74) is 7.87. The predicted molar refractivity (Wildman–Crippen MR) is 126 cm³/mol. The number of allylic oxidation sites excluding steroid dienone is 2. The Morgan fingerprint density at radius 2 is 1.00 bits per heavy atom. The molecule has 4 rings (SSSR count). The van der Waals surface area contributed by atoms with Crippen molar-refractivity contribution in [1.29, 1.82) is 0 Å². The minimum absolute atomic E-state index is 0.162. The standard InChI is InChI=1S/C25H17N3O8/c29-22(30)15-5-13(6-16(9-15)23(31)32)12-1-2-20(26-11-12)21-4-3-19(27-28-21)14-7-17(24(33)34)10-18(8-14)25(35)36/h1-11,27-28H,(H,29,30)(H,31,32)(H,33,34)(H,35,36). The van der Waals surface area contributed by atoms with Crippen LogP contribution in [0.15, 0.2) is 66.9 Å². The number of nitrogens with zero attached hydrogens (tertiary/aromatic N) is 1. The number of carboxylic acid groups (broad SMARTS) is 4. The Balaban J connectivity index is 1.62. The number of carboxylic acids is 4. The lowest BCUT2D eigenvalue weighted by Gasteiger charge is -2.20. The average molecular weight is 487 g/mol. The first-order valence-electron chi connectivity index (χ1n) is 10.3. The van der Waals surface area contributed by atoms with Gasteiger partial charge in [0.2, 0.25) is 0 Å². The van der Waals surface area contributed by atoms with E-state index in [1.807, 2.05) is 0 Å². The van der Waals surface area contributed by atoms with Crippen molar-refractivity contribution in [2.24, 2.45) is 0 Å². The molecule has 0 aliphatic carbocycles. The fraction of sp³-hybridized carbons (Fsp3) is 0. The molecule has 0 fully saturated rings. The van der Waals surface area contributed by atoms with Crippen LogP contribution in [0.5, 0.6) is 0 Å². The van der Waals surface area contributed by atoms with Gasteiger partial charge in [0.25, 0.3) is 0 Å². The molecule has 0 amide bonds. The third-order valence-electron chi connectivity index (χ3n) is 5.29. The second-order valence-corrected chi connectivity index (χ2v) is 7.66. The molecule has 1 aromatic heterocycles. The van der Waals surface area contributed by atoms with E-state index in [0.717, 1.165) is 12.1 Å². The minimum Gasteiger partial charge on any atom is -0.478 e. The first-order valence-corrected chi connectivity index (χ1v) is 10.3. The Morgan fingerprint density at radius 1 is 0.556 bits per heavy atom. The molecule has 36 heavy (non-hydrogen) atoms. The van der Waals surface area contributed by atoms with Gasteiger partial charge in [-0.05, 0) is 60.2 Å². The lowest BCUT2D eigenvalue weighted by Crippen LogP contribution is -2.31. The SMILES string of the molecule is O=C(O)c1cc(C(=O)O)cc(C2=CC=C(c3ccc(-c4cc(C(=O)O)cc(C(=O)O)c4)cn3)NN2)c1. The Hall–Kier alpha value is -5.45. The molecule has 6 N–H and O–H groups in total. The summed E-state index contributed by atoms with van der Waals surface area (Å²) in [5, 5.41) is 37.1. The third kappa shape index (κ3) is 4.89. The van der Waals surface area contributed by atoms with E-state index < -0.39 is 23.9 Å². The van der Waals surface area contributed by atoms with E-state index in [1.54, 1.807) is 24.3 Å². The molecule has 11 heteroatoms. The number of hydrogen-bond donors (Lipinski definition) is 6. The second-order valence-electron chi connectivity index (χ2n) is 7.66. The maximum atomic E-state index is 11.4. The van der Waals surface area contributed by atoms with Crippen LogP contribution in [0, 0.1) is 0 Å². The molecule has 0 atom stereocenters. The van der Waals surface area contributed by atoms with Crippen molar-refractivity contribution in [3.63, 3.8) is 0 Å². The van der Waals surface area contributed by atoms with Crippen LogP contribution < -0.4 is 10.9 Å². The van der Waals surface area contributed by atoms with E-state index in [4.69, 9.17) is 0 Å². The Kier molecular flexibility index (Phi) is 6.21. The van der Waals surface area contributed by atoms with Crippen molar-refractivity contribution in [1.82, 2.24) is 15.8 Å². The Bertz CT molecular complexity index is 1430. The molecule has 11 nitrogen and oxygen atoms in total. The van der Waals surface area contributed by atoms with Crippen LogP contribution >= 0.6 is 0 Å². The van der Waals surface area contributed by atoms with Gasteiger partial charge < -0.3 is 25.9 Å². The van der Waals surface area contributed by atoms with Crippen molar-refractivity contribution in [2.75, 3.05) is 0 Å². The Labute approximate surface area is 202 Å². The van der Waals surface area contributed by atoms with Crippen LogP contribution in [0.2, 0.25) is 0 Å². The first kappa shape index (κ1) is 23.7. The van der Waals surface area contributed by atoms with Crippen LogP contribution in [0.3, 0.4) is 0 Å². The summed E-state index contributed by atoms with van der Waals surface area (Å²) in [6.45, 7) is 0. The zero-order chi connectivity index (χ0) is 26.0. The summed E-state index contributed by atoms with van der Waals surface area (Å²) in [4.78, 5) is 49.8. The lowest BCUT2D eigenvalue weighted by molar-refractivity contribution is 0.0676. The van der Waals surface area contributed by atoms with Gasteiger partial charge in [0, 0.05) is 17.3 Å². The highest BCUT2D eigenvalue weighted by Crippen LogP contribution is 2.25. The van der Waals surface area contributed by atoms with Gasteiger partial charge >= 0.3 is 23.9 Å². The number of benzene rings is 2. The van der Waals surface area contributed by atoms with Gasteiger partial charge in [0.1, 0.15) is 0 Å². The summed E-state index contributed by atoms with van der Waals surface area (Å²) < 4.78 is 0. The lowest BCUT2D eigenvalue weighted by atomic mass is 10.0. The van der Waals surface area contributed by atoms with Crippen molar-refractivity contribution < 1.29 is 39.6 Å². The highest BCUT2D eigenvalue weighted by molar-refractivity contribution is 5.97. The van der Waals surface area contributed by atoms with Gasteiger partial charge in [-0.25, -0.2) is 19.2 Å². The molecule has 0 unspecified atom stereocenters. The fourth-order valence-electron chi connectivity index (χ4n) is 3.50. The third-order valence-corrected chi connectivity index (χ3v) is 5.29. The van der Waals surface area contributed by atoms with E-state index >= 15 is 0 Å². The number of aromatic nitrogens is 1. The second kappa shape index (κ2) is 9.43. The summed E-state index contributed by atoms with van der Waals surface area (Å²) in [6, 6.07) is 10.9. The van der Waals surface area contributed by atoms with Crippen LogP contribution in [0.4, 0.5) is 0 Å². The van der Waals surface area contributed by atoms with Crippen molar-refractivity contribution in [2.45, 2.75) is 0 Å². The van der Waals surface area contributed by atoms with E-state index in [0.29, 0.717) is 33.8 Å². The van der Waals surface area contributed by atoms with Crippen LogP contribution in [-0.2, 0) is 0 Å². The summed E-state index contributed by atoms with van der Waals surface area (Å²) in [6.07, 6.45) is 4.76. The van der Waals surface area contributed by atoms with E-state index in [-0.39, 0.29) is 22.3 Å². The molecule has 0 saturated carbocycles. The normalized spacial score (nSPS) is 12.4. The topological polar surface area (TPSA) is 186 Å². The molecular weight excluding hydrogens is 470 g/mol. The molecule has 0 bridgehead atoms. The van der Waals surface area contributed by atoms with Crippen molar-refractivity contribution in [3.8, 4) is 11.1 Å². The maximum absolute atomic E-state index is 11.4. The molecule has 0 saturated heterocycles. The molecule has 2 aromatic carbocycles. The quantitative estimate of drug-likeness (QED) is 0.288. The smallest absolute Gasteiger partial charge is 0.335 e. The number of rotatable bonds is 7. The van der Waals surface area contributed by atoms with Crippen molar-refractivity contribution >= 4 is 35.3 Å². The van der Waals surface area contributed by atoms with Gasteiger partial charge in [0.15, 0.2) is 0 Å². The summed E-state index contributed by atoms with van der Waals surface area (Å²) in [5.74, 6) is -5.01. The zero-order valence-corrected chi connectivity index (χ0v) is 18.2. The molecule has 180 valence electrons. The number of hydrazine groups is 1. The minimum atomic E-state index is -1.26. The molecule has 3 aromatic rings. The van der Waals surface area contributed by atoms with Gasteiger partial charge in [-0.1, -0.05) is 6.07 Å². The highest BCUT2D eigenvalue weighted by Gasteiger charge is 2.16. The predicted octanol–water partition coefficient (Wildman–Crippen LogP) is 3.03. The molecule has 0 radical (unpaired) electrons. The molecular formula is C25H17N3O8. The molecule has 1 aliphatic heterocycles. The number of pyridine rings is 1. The number of aromatic carboxylic acids is 4. The monoisotopic (exact) mass is 487 g/mol. The van der Waals surface area contributed by atoms with Crippen molar-refractivity contribution in [3.05, 3.63) is 100 Å².